The van der Waals surface area contributed by atoms with Crippen LogP contribution in [0.2, 0.25) is 5.02 Å². The van der Waals surface area contributed by atoms with Gasteiger partial charge in [-0.05, 0) is 39.8 Å². The highest BCUT2D eigenvalue weighted by molar-refractivity contribution is 6.30. The highest BCUT2D eigenvalue weighted by Crippen LogP contribution is 2.36. The van der Waals surface area contributed by atoms with Crippen molar-refractivity contribution in [3.63, 3.8) is 0 Å². The fourth-order valence-electron chi connectivity index (χ4n) is 2.16. The number of ether oxygens (including phenoxy) is 1. The average molecular weight is 311 g/mol. The molecule has 1 heterocycles. The first-order chi connectivity index (χ1) is 9.62. The van der Waals surface area contributed by atoms with E-state index >= 15 is 0 Å². The number of rotatable bonds is 1. The number of benzene rings is 1. The Bertz CT molecular complexity index is 578. The average Bonchev–Trinajstić information content (AvgIpc) is 2.64. The quantitative estimate of drug-likeness (QED) is 0.863. The minimum absolute atomic E-state index is 0.230. The third-order valence-electron chi connectivity index (χ3n) is 3.00. The lowest BCUT2D eigenvalue weighted by atomic mass is 9.98. The highest BCUT2D eigenvalue weighted by Gasteiger charge is 2.46. The molecule has 5 nitrogen and oxygen atoms in total. The van der Waals surface area contributed by atoms with Crippen molar-refractivity contribution in [1.29, 1.82) is 0 Å². The van der Waals surface area contributed by atoms with Crippen molar-refractivity contribution in [3.05, 3.63) is 34.9 Å². The molecule has 2 rings (SSSR count). The summed E-state index contributed by atoms with van der Waals surface area (Å²) in [4.78, 5) is 12.3. The summed E-state index contributed by atoms with van der Waals surface area (Å²) in [7, 11) is 0. The van der Waals surface area contributed by atoms with Gasteiger partial charge >= 0.3 is 6.09 Å². The molecule has 0 bridgehead atoms. The molecule has 0 saturated heterocycles. The van der Waals surface area contributed by atoms with Crippen molar-refractivity contribution in [2.75, 3.05) is 0 Å². The smallest absolute Gasteiger partial charge is 0.433 e. The van der Waals surface area contributed by atoms with Gasteiger partial charge in [0.25, 0.3) is 0 Å². The Labute approximate surface area is 129 Å². The SMILES string of the molecule is CC1=NN(C(=O)OC(C)(C)C)[C@](O)(c2ccc(Cl)cc2)C1. The van der Waals surface area contributed by atoms with E-state index in [4.69, 9.17) is 16.3 Å². The molecule has 1 aromatic carbocycles. The van der Waals surface area contributed by atoms with Gasteiger partial charge in [0.05, 0.1) is 0 Å². The molecule has 114 valence electrons. The Morgan fingerprint density at radius 2 is 1.95 bits per heavy atom. The van der Waals surface area contributed by atoms with Crippen LogP contribution in [0.3, 0.4) is 0 Å². The van der Waals surface area contributed by atoms with Gasteiger partial charge in [-0.3, -0.25) is 0 Å². The number of halogens is 1. The molecule has 1 aliphatic rings. The van der Waals surface area contributed by atoms with E-state index in [2.05, 4.69) is 5.10 Å². The van der Waals surface area contributed by atoms with Crippen molar-refractivity contribution >= 4 is 23.4 Å². The minimum atomic E-state index is -1.54. The van der Waals surface area contributed by atoms with Gasteiger partial charge in [0.2, 0.25) is 0 Å². The predicted molar refractivity (Wildman–Crippen MR) is 81.1 cm³/mol. The first-order valence-electron chi connectivity index (χ1n) is 6.67. The van der Waals surface area contributed by atoms with Crippen molar-refractivity contribution in [2.45, 2.75) is 45.4 Å². The van der Waals surface area contributed by atoms with E-state index in [9.17, 15) is 9.90 Å². The monoisotopic (exact) mass is 310 g/mol. The van der Waals surface area contributed by atoms with Gasteiger partial charge in [0.15, 0.2) is 5.72 Å². The normalized spacial score (nSPS) is 22.2. The number of hydrogen-bond acceptors (Lipinski definition) is 4. The largest absolute Gasteiger partial charge is 0.442 e. The van der Waals surface area contributed by atoms with Gasteiger partial charge in [0.1, 0.15) is 5.60 Å². The number of carbonyl (C=O) groups is 1. The molecule has 0 radical (unpaired) electrons. The summed E-state index contributed by atoms with van der Waals surface area (Å²) in [5, 5.41) is 16.6. The lowest BCUT2D eigenvalue weighted by Crippen LogP contribution is -2.45. The van der Waals surface area contributed by atoms with Gasteiger partial charge < -0.3 is 9.84 Å². The van der Waals surface area contributed by atoms with Crippen molar-refractivity contribution in [2.24, 2.45) is 5.10 Å². The van der Waals surface area contributed by atoms with Crippen LogP contribution < -0.4 is 0 Å². The molecule has 0 aliphatic carbocycles. The fraction of sp³-hybridized carbons (Fsp3) is 0.467. The molecular formula is C15H19ClN2O3. The Hall–Kier alpha value is -1.59. The number of amides is 1. The van der Waals surface area contributed by atoms with Crippen LogP contribution in [0.1, 0.15) is 39.7 Å². The van der Waals surface area contributed by atoms with Crippen LogP contribution in [0.4, 0.5) is 4.79 Å². The van der Waals surface area contributed by atoms with E-state index in [0.717, 1.165) is 5.01 Å². The molecule has 6 heteroatoms. The van der Waals surface area contributed by atoms with E-state index < -0.39 is 17.4 Å². The summed E-state index contributed by atoms with van der Waals surface area (Å²) < 4.78 is 5.30. The van der Waals surface area contributed by atoms with Crippen LogP contribution in [0.15, 0.2) is 29.4 Å². The van der Waals surface area contributed by atoms with Crippen molar-refractivity contribution in [1.82, 2.24) is 5.01 Å². The lowest BCUT2D eigenvalue weighted by Gasteiger charge is -2.32. The maximum atomic E-state index is 12.3. The molecule has 1 atom stereocenters. The summed E-state index contributed by atoms with van der Waals surface area (Å²) in [6.45, 7) is 7.04. The third-order valence-corrected chi connectivity index (χ3v) is 3.25. The zero-order valence-electron chi connectivity index (χ0n) is 12.6. The van der Waals surface area contributed by atoms with Crippen LogP contribution >= 0.6 is 11.6 Å². The first-order valence-corrected chi connectivity index (χ1v) is 7.05. The van der Waals surface area contributed by atoms with Gasteiger partial charge in [-0.15, -0.1) is 0 Å². The summed E-state index contributed by atoms with van der Waals surface area (Å²) in [6, 6.07) is 6.67. The lowest BCUT2D eigenvalue weighted by molar-refractivity contribution is -0.0975. The second-order valence-corrected chi connectivity index (χ2v) is 6.56. The number of nitrogens with zero attached hydrogens (tertiary/aromatic N) is 2. The molecule has 1 N–H and O–H groups in total. The Morgan fingerprint density at radius 1 is 1.38 bits per heavy atom. The molecule has 0 spiro atoms. The predicted octanol–water partition coefficient (Wildman–Crippen LogP) is 3.50. The Balaban J connectivity index is 2.33. The van der Waals surface area contributed by atoms with E-state index in [1.54, 1.807) is 52.0 Å². The third kappa shape index (κ3) is 3.36. The fourth-order valence-corrected chi connectivity index (χ4v) is 2.28. The summed E-state index contributed by atoms with van der Waals surface area (Å²) >= 11 is 5.86. The first kappa shape index (κ1) is 15.8. The molecule has 1 amide bonds. The number of aliphatic hydroxyl groups is 1. The highest BCUT2D eigenvalue weighted by atomic mass is 35.5. The molecule has 1 aromatic rings. The molecule has 0 unspecified atom stereocenters. The second kappa shape index (κ2) is 5.31. The van der Waals surface area contributed by atoms with Crippen molar-refractivity contribution < 1.29 is 14.6 Å². The number of hydrogen-bond donors (Lipinski definition) is 1. The standard InChI is InChI=1S/C15H19ClN2O3/c1-10-9-15(20,11-5-7-12(16)8-6-11)18(17-10)13(19)21-14(2,3)4/h5-8,20H,9H2,1-4H3/t15-/m1/s1. The van der Waals surface area contributed by atoms with E-state index in [1.165, 1.54) is 0 Å². The maximum Gasteiger partial charge on any atom is 0.433 e. The van der Waals surface area contributed by atoms with Gasteiger partial charge in [-0.25, -0.2) is 4.79 Å². The van der Waals surface area contributed by atoms with Crippen LogP contribution in [-0.2, 0) is 10.5 Å². The zero-order valence-corrected chi connectivity index (χ0v) is 13.3. The van der Waals surface area contributed by atoms with Crippen molar-refractivity contribution in [3.8, 4) is 0 Å². The van der Waals surface area contributed by atoms with Crippen LogP contribution in [0, 0.1) is 0 Å². The van der Waals surface area contributed by atoms with Gasteiger partial charge in [0, 0.05) is 22.7 Å². The number of hydrazone groups is 1. The molecular weight excluding hydrogens is 292 g/mol. The Morgan fingerprint density at radius 3 is 2.48 bits per heavy atom. The molecule has 0 fully saturated rings. The zero-order chi connectivity index (χ0) is 15.8. The summed E-state index contributed by atoms with van der Waals surface area (Å²) in [5.74, 6) is 0. The molecule has 1 aliphatic heterocycles. The van der Waals surface area contributed by atoms with E-state index in [0.29, 0.717) is 16.3 Å². The van der Waals surface area contributed by atoms with E-state index in [-0.39, 0.29) is 6.42 Å². The van der Waals surface area contributed by atoms with Crippen LogP contribution in [0.25, 0.3) is 0 Å². The topological polar surface area (TPSA) is 62.1 Å². The number of carbonyl (C=O) groups excluding carboxylic acids is 1. The maximum absolute atomic E-state index is 12.3. The van der Waals surface area contributed by atoms with E-state index in [1.807, 2.05) is 0 Å². The molecule has 21 heavy (non-hydrogen) atoms. The van der Waals surface area contributed by atoms with Gasteiger partial charge in [-0.2, -0.15) is 10.1 Å². The van der Waals surface area contributed by atoms with Crippen LogP contribution in [0.5, 0.6) is 0 Å². The summed E-state index contributed by atoms with van der Waals surface area (Å²) in [6.07, 6.45) is -0.453. The minimum Gasteiger partial charge on any atom is -0.442 e. The van der Waals surface area contributed by atoms with Crippen LogP contribution in [-0.4, -0.2) is 27.5 Å². The van der Waals surface area contributed by atoms with Gasteiger partial charge in [-0.1, -0.05) is 23.7 Å². The Kier molecular flexibility index (Phi) is 4.00. The molecule has 0 aromatic heterocycles. The molecule has 0 saturated carbocycles. The second-order valence-electron chi connectivity index (χ2n) is 6.13. The summed E-state index contributed by atoms with van der Waals surface area (Å²) in [5.41, 5.74) is -1.02.